The van der Waals surface area contributed by atoms with Crippen LogP contribution < -0.4 is 4.74 Å². The summed E-state index contributed by atoms with van der Waals surface area (Å²) in [5.74, 6) is -1.04. The third kappa shape index (κ3) is 3.78. The fourth-order valence-electron chi connectivity index (χ4n) is 4.21. The van der Waals surface area contributed by atoms with Crippen LogP contribution in [0.5, 0.6) is 11.8 Å². The van der Waals surface area contributed by atoms with Gasteiger partial charge in [-0.1, -0.05) is 6.07 Å². The van der Waals surface area contributed by atoms with E-state index in [9.17, 15) is 15.0 Å². The molecule has 0 aliphatic rings. The molecule has 8 heteroatoms. The lowest BCUT2D eigenvalue weighted by atomic mass is 9.98. The van der Waals surface area contributed by atoms with Gasteiger partial charge < -0.3 is 24.5 Å². The number of aromatic carboxylic acids is 1. The Kier molecular flexibility index (Phi) is 5.30. The van der Waals surface area contributed by atoms with Crippen molar-refractivity contribution < 1.29 is 24.1 Å². The summed E-state index contributed by atoms with van der Waals surface area (Å²) in [4.78, 5) is 19.0. The lowest BCUT2D eigenvalue weighted by Gasteiger charge is -2.09. The molecule has 0 amide bonds. The van der Waals surface area contributed by atoms with Crippen LogP contribution in [0.3, 0.4) is 0 Å². The maximum absolute atomic E-state index is 15.1. The number of ether oxygens (including phenoxy) is 1. The second-order valence-corrected chi connectivity index (χ2v) is 8.23. The number of nitrogens with zero attached hydrogens (tertiary/aromatic N) is 2. The topological polar surface area (TPSA) is 100 Å². The summed E-state index contributed by atoms with van der Waals surface area (Å²) in [5.41, 5.74) is 4.87. The van der Waals surface area contributed by atoms with Gasteiger partial charge in [-0.25, -0.2) is 9.18 Å². The second-order valence-electron chi connectivity index (χ2n) is 8.23. The van der Waals surface area contributed by atoms with Crippen molar-refractivity contribution in [2.45, 2.75) is 20.4 Å². The molecule has 7 nitrogen and oxygen atoms in total. The summed E-state index contributed by atoms with van der Waals surface area (Å²) in [6, 6.07) is 13.9. The smallest absolute Gasteiger partial charge is 0.336 e. The highest BCUT2D eigenvalue weighted by atomic mass is 19.1. The lowest BCUT2D eigenvalue weighted by Crippen LogP contribution is -2.00. The first-order chi connectivity index (χ1) is 16.3. The minimum atomic E-state index is -1.03. The molecule has 0 spiro atoms. The molecule has 5 rings (SSSR count). The van der Waals surface area contributed by atoms with Crippen molar-refractivity contribution in [1.82, 2.24) is 14.5 Å². The van der Waals surface area contributed by atoms with Crippen LogP contribution in [0, 0.1) is 19.7 Å². The highest BCUT2D eigenvalue weighted by molar-refractivity contribution is 5.91. The van der Waals surface area contributed by atoms with Crippen LogP contribution in [-0.2, 0) is 6.54 Å². The minimum Gasteiger partial charge on any atom is -0.478 e. The maximum atomic E-state index is 15.1. The first kappa shape index (κ1) is 21.7. The van der Waals surface area contributed by atoms with Crippen molar-refractivity contribution in [2.75, 3.05) is 6.61 Å². The molecule has 3 aromatic carbocycles. The Bertz CT molecular complexity index is 1570. The number of aromatic amines is 1. The maximum Gasteiger partial charge on any atom is 0.336 e. The average molecular weight is 459 g/mol. The van der Waals surface area contributed by atoms with Gasteiger partial charge in [0.1, 0.15) is 11.6 Å². The van der Waals surface area contributed by atoms with E-state index in [4.69, 9.17) is 4.74 Å². The van der Waals surface area contributed by atoms with Gasteiger partial charge >= 0.3 is 5.97 Å². The summed E-state index contributed by atoms with van der Waals surface area (Å²) in [6.45, 7) is 4.00. The lowest BCUT2D eigenvalue weighted by molar-refractivity contribution is 0.0695. The van der Waals surface area contributed by atoms with E-state index in [0.29, 0.717) is 34.5 Å². The van der Waals surface area contributed by atoms with Gasteiger partial charge in [0.15, 0.2) is 0 Å². The van der Waals surface area contributed by atoms with Gasteiger partial charge in [0.2, 0.25) is 0 Å². The van der Waals surface area contributed by atoms with Crippen molar-refractivity contribution in [3.63, 3.8) is 0 Å². The van der Waals surface area contributed by atoms with Crippen LogP contribution in [0.15, 0.2) is 54.7 Å². The van der Waals surface area contributed by atoms with Gasteiger partial charge in [0.25, 0.3) is 6.01 Å². The Morgan fingerprint density at radius 2 is 1.91 bits per heavy atom. The van der Waals surface area contributed by atoms with Crippen molar-refractivity contribution in [3.8, 4) is 22.9 Å². The van der Waals surface area contributed by atoms with E-state index in [0.717, 1.165) is 22.0 Å². The summed E-state index contributed by atoms with van der Waals surface area (Å²) in [6.07, 6.45) is 1.83. The molecular weight excluding hydrogens is 437 g/mol. The predicted octanol–water partition coefficient (Wildman–Crippen LogP) is 5.42. The number of rotatable bonds is 6. The number of imidazole rings is 1. The molecule has 0 unspecified atom stereocenters. The molecule has 0 aliphatic heterocycles. The molecule has 172 valence electrons. The molecule has 34 heavy (non-hydrogen) atoms. The summed E-state index contributed by atoms with van der Waals surface area (Å²) in [7, 11) is 0. The first-order valence-electron chi connectivity index (χ1n) is 10.8. The molecule has 0 fully saturated rings. The van der Waals surface area contributed by atoms with Gasteiger partial charge in [-0.3, -0.25) is 0 Å². The van der Waals surface area contributed by atoms with E-state index in [1.165, 1.54) is 12.1 Å². The number of halogens is 1. The SMILES string of the molecule is Cc1ccc(Oc2nc3cc(-c4cc5ccn(CCO)c5cc4F)c(C)cc3[nH]2)cc1C(=O)O. The molecule has 2 heterocycles. The van der Waals surface area contributed by atoms with Crippen LogP contribution >= 0.6 is 0 Å². The van der Waals surface area contributed by atoms with Crippen molar-refractivity contribution in [2.24, 2.45) is 0 Å². The van der Waals surface area contributed by atoms with Crippen molar-refractivity contribution in [3.05, 3.63) is 77.2 Å². The number of hydrogen-bond acceptors (Lipinski definition) is 4. The van der Waals surface area contributed by atoms with Crippen molar-refractivity contribution in [1.29, 1.82) is 0 Å². The number of nitrogens with one attached hydrogen (secondary N) is 1. The number of aromatic nitrogens is 3. The van der Waals surface area contributed by atoms with E-state index in [-0.39, 0.29) is 24.0 Å². The number of benzene rings is 3. The number of hydrogen-bond donors (Lipinski definition) is 3. The number of carboxylic acids is 1. The van der Waals surface area contributed by atoms with Gasteiger partial charge in [-0.15, -0.1) is 0 Å². The Hall–Kier alpha value is -4.17. The number of carboxylic acid groups (broad SMARTS) is 1. The fourth-order valence-corrected chi connectivity index (χ4v) is 4.21. The number of aliphatic hydroxyl groups excluding tert-OH is 1. The van der Waals surface area contributed by atoms with Gasteiger partial charge in [0, 0.05) is 23.7 Å². The van der Waals surface area contributed by atoms with Gasteiger partial charge in [0.05, 0.1) is 28.7 Å². The first-order valence-corrected chi connectivity index (χ1v) is 10.8. The molecule has 0 bridgehead atoms. The quantitative estimate of drug-likeness (QED) is 0.315. The zero-order chi connectivity index (χ0) is 24.0. The molecule has 3 N–H and O–H groups in total. The standard InChI is InChI=1S/C26H22FN3O4/c1-14-3-4-17(11-19(14)25(32)33)34-26-28-22-9-15(2)18(12-23(22)29-26)20-10-16-5-6-30(7-8-31)24(16)13-21(20)27/h3-6,9-13,31H,7-8H2,1-2H3,(H,28,29)(H,32,33). The molecule has 0 saturated heterocycles. The van der Waals surface area contributed by atoms with E-state index in [1.807, 2.05) is 29.8 Å². The van der Waals surface area contributed by atoms with E-state index >= 15 is 4.39 Å². The third-order valence-corrected chi connectivity index (χ3v) is 5.95. The molecule has 0 radical (unpaired) electrons. The highest BCUT2D eigenvalue weighted by Gasteiger charge is 2.16. The molecule has 0 atom stereocenters. The van der Waals surface area contributed by atoms with Crippen LogP contribution in [0.2, 0.25) is 0 Å². The van der Waals surface area contributed by atoms with E-state index in [2.05, 4.69) is 9.97 Å². The largest absolute Gasteiger partial charge is 0.478 e. The molecule has 0 saturated carbocycles. The summed E-state index contributed by atoms with van der Waals surface area (Å²) in [5, 5.41) is 19.4. The Balaban J connectivity index is 1.52. The Morgan fingerprint density at radius 3 is 2.68 bits per heavy atom. The summed E-state index contributed by atoms with van der Waals surface area (Å²) >= 11 is 0. The third-order valence-electron chi connectivity index (χ3n) is 5.95. The fraction of sp³-hybridized carbons (Fsp3) is 0.154. The normalized spacial score (nSPS) is 11.4. The predicted molar refractivity (Wildman–Crippen MR) is 127 cm³/mol. The summed E-state index contributed by atoms with van der Waals surface area (Å²) < 4.78 is 22.7. The van der Waals surface area contributed by atoms with E-state index in [1.54, 1.807) is 31.2 Å². The van der Waals surface area contributed by atoms with Crippen LogP contribution in [0.4, 0.5) is 4.39 Å². The van der Waals surface area contributed by atoms with Gasteiger partial charge in [-0.05, 0) is 73.0 Å². The van der Waals surface area contributed by atoms with Crippen LogP contribution in [0.1, 0.15) is 21.5 Å². The number of aliphatic hydroxyl groups is 1. The zero-order valence-electron chi connectivity index (χ0n) is 18.6. The number of H-pyrrole nitrogens is 1. The minimum absolute atomic E-state index is 0.0211. The highest BCUT2D eigenvalue weighted by Crippen LogP contribution is 2.34. The monoisotopic (exact) mass is 459 g/mol. The second kappa shape index (κ2) is 8.31. The Morgan fingerprint density at radius 1 is 1.09 bits per heavy atom. The average Bonchev–Trinajstić information content (AvgIpc) is 3.36. The molecule has 0 aliphatic carbocycles. The van der Waals surface area contributed by atoms with E-state index < -0.39 is 5.97 Å². The van der Waals surface area contributed by atoms with Gasteiger partial charge in [-0.2, -0.15) is 4.98 Å². The number of fused-ring (bicyclic) bond motifs is 2. The van der Waals surface area contributed by atoms with Crippen LogP contribution in [0.25, 0.3) is 33.1 Å². The Labute approximate surface area is 194 Å². The molecule has 5 aromatic rings. The molecular formula is C26H22FN3O4. The number of aryl methyl sites for hydroxylation is 2. The van der Waals surface area contributed by atoms with Crippen LogP contribution in [-0.4, -0.2) is 37.3 Å². The van der Waals surface area contributed by atoms with Crippen molar-refractivity contribution >= 4 is 27.9 Å². The zero-order valence-corrected chi connectivity index (χ0v) is 18.6. The molecule has 2 aromatic heterocycles. The number of carbonyl (C=O) groups is 1.